The summed E-state index contributed by atoms with van der Waals surface area (Å²) < 4.78 is 15.8. The molecule has 1 N–H and O–H groups in total. The van der Waals surface area contributed by atoms with Crippen LogP contribution in [0.3, 0.4) is 0 Å². The van der Waals surface area contributed by atoms with E-state index in [1.807, 2.05) is 13.0 Å². The Bertz CT molecular complexity index is 661. The van der Waals surface area contributed by atoms with Crippen LogP contribution in [0.4, 0.5) is 0 Å². The summed E-state index contributed by atoms with van der Waals surface area (Å²) in [7, 11) is 4.91. The lowest BCUT2D eigenvalue weighted by atomic mass is 9.97. The maximum atomic E-state index is 11.7. The van der Waals surface area contributed by atoms with Crippen molar-refractivity contribution >= 4 is 35.9 Å². The summed E-state index contributed by atoms with van der Waals surface area (Å²) in [5, 5.41) is 3.43. The summed E-state index contributed by atoms with van der Waals surface area (Å²) in [6.45, 7) is 5.05. The van der Waals surface area contributed by atoms with Gasteiger partial charge in [-0.05, 0) is 50.3 Å². The van der Waals surface area contributed by atoms with Gasteiger partial charge in [0.2, 0.25) is 0 Å². The summed E-state index contributed by atoms with van der Waals surface area (Å²) in [4.78, 5) is 18.3. The number of hydrogen-bond acceptors (Lipinski definition) is 5. The van der Waals surface area contributed by atoms with Gasteiger partial charge in [0.05, 0.1) is 26.7 Å². The summed E-state index contributed by atoms with van der Waals surface area (Å²) in [5.41, 5.74) is 1.22. The smallest absolute Gasteiger partial charge is 0.308 e. The highest BCUT2D eigenvalue weighted by Crippen LogP contribution is 2.28. The van der Waals surface area contributed by atoms with Crippen molar-refractivity contribution in [1.29, 1.82) is 0 Å². The van der Waals surface area contributed by atoms with Crippen LogP contribution in [0.15, 0.2) is 23.2 Å². The number of methoxy groups -OCH3 is 2. The van der Waals surface area contributed by atoms with Crippen molar-refractivity contribution in [1.82, 2.24) is 10.2 Å². The molecule has 0 saturated carbocycles. The number of likely N-dealkylation sites (tertiary alicyclic amines) is 1. The first-order valence-electron chi connectivity index (χ1n) is 9.96. The molecule has 2 rings (SSSR count). The van der Waals surface area contributed by atoms with Gasteiger partial charge in [0, 0.05) is 26.7 Å². The fourth-order valence-electron chi connectivity index (χ4n) is 3.46. The quantitative estimate of drug-likeness (QED) is 0.187. The van der Waals surface area contributed by atoms with Gasteiger partial charge >= 0.3 is 5.97 Å². The number of piperidine rings is 1. The minimum absolute atomic E-state index is 0. The summed E-state index contributed by atoms with van der Waals surface area (Å²) in [5.74, 6) is 2.36. The molecule has 1 fully saturated rings. The zero-order valence-electron chi connectivity index (χ0n) is 17.9. The Hall–Kier alpha value is -1.71. The van der Waals surface area contributed by atoms with Crippen LogP contribution in [0.5, 0.6) is 11.5 Å². The van der Waals surface area contributed by atoms with Crippen molar-refractivity contribution in [2.24, 2.45) is 10.9 Å². The van der Waals surface area contributed by atoms with Gasteiger partial charge in [0.25, 0.3) is 0 Å². The van der Waals surface area contributed by atoms with Gasteiger partial charge < -0.3 is 24.4 Å². The van der Waals surface area contributed by atoms with E-state index in [-0.39, 0.29) is 35.9 Å². The van der Waals surface area contributed by atoms with Gasteiger partial charge in [-0.2, -0.15) is 0 Å². The van der Waals surface area contributed by atoms with Gasteiger partial charge in [-0.15, -0.1) is 24.0 Å². The predicted octanol–water partition coefficient (Wildman–Crippen LogP) is 3.10. The second-order valence-corrected chi connectivity index (χ2v) is 6.78. The van der Waals surface area contributed by atoms with Gasteiger partial charge in [-0.25, -0.2) is 0 Å². The van der Waals surface area contributed by atoms with Crippen LogP contribution in [-0.2, 0) is 16.0 Å². The first kappa shape index (κ1) is 25.3. The fourth-order valence-corrected chi connectivity index (χ4v) is 3.46. The van der Waals surface area contributed by atoms with E-state index in [0.29, 0.717) is 6.61 Å². The van der Waals surface area contributed by atoms with Crippen LogP contribution in [-0.4, -0.2) is 64.3 Å². The lowest BCUT2D eigenvalue weighted by Crippen LogP contribution is -2.46. The lowest BCUT2D eigenvalue weighted by Gasteiger charge is -2.33. The minimum atomic E-state index is -0.103. The molecule has 0 amide bonds. The number of rotatable bonds is 8. The van der Waals surface area contributed by atoms with Gasteiger partial charge in [-0.1, -0.05) is 6.07 Å². The molecule has 0 atom stereocenters. The maximum absolute atomic E-state index is 11.7. The number of aliphatic imine (C=N–C) groups is 1. The zero-order valence-corrected chi connectivity index (χ0v) is 20.2. The highest BCUT2D eigenvalue weighted by molar-refractivity contribution is 14.0. The van der Waals surface area contributed by atoms with Crippen LogP contribution in [0.2, 0.25) is 0 Å². The molecule has 0 bridgehead atoms. The molecule has 1 aromatic rings. The first-order valence-corrected chi connectivity index (χ1v) is 9.96. The normalized spacial score (nSPS) is 14.8. The van der Waals surface area contributed by atoms with E-state index in [1.165, 1.54) is 12.7 Å². The Morgan fingerprint density at radius 3 is 2.55 bits per heavy atom. The standard InChI is InChI=1S/C21H33N3O4.HI/c1-5-28-19-15-16(8-9-18(19)26-3)7-6-12-23-21(22-2)24-13-10-17(11-14-24)20(25)27-4;/h8-9,15,17H,5-7,10-14H2,1-4H3,(H,22,23);1H. The average molecular weight is 519 g/mol. The highest BCUT2D eigenvalue weighted by Gasteiger charge is 2.26. The van der Waals surface area contributed by atoms with Gasteiger partial charge in [-0.3, -0.25) is 9.79 Å². The Morgan fingerprint density at radius 2 is 1.97 bits per heavy atom. The van der Waals surface area contributed by atoms with Gasteiger partial charge in [0.1, 0.15) is 0 Å². The molecule has 1 aliphatic heterocycles. The second-order valence-electron chi connectivity index (χ2n) is 6.78. The Kier molecular flexibility index (Phi) is 11.8. The number of guanidine groups is 1. The minimum Gasteiger partial charge on any atom is -0.493 e. The molecule has 0 aromatic heterocycles. The van der Waals surface area contributed by atoms with Crippen molar-refractivity contribution in [2.45, 2.75) is 32.6 Å². The average Bonchev–Trinajstić information content (AvgIpc) is 2.74. The van der Waals surface area contributed by atoms with E-state index < -0.39 is 0 Å². The third kappa shape index (κ3) is 7.56. The van der Waals surface area contributed by atoms with Crippen molar-refractivity contribution < 1.29 is 19.0 Å². The van der Waals surface area contributed by atoms with E-state index in [0.717, 1.165) is 62.8 Å². The summed E-state index contributed by atoms with van der Waals surface area (Å²) in [6, 6.07) is 6.08. The second kappa shape index (κ2) is 13.5. The number of nitrogens with one attached hydrogen (secondary N) is 1. The van der Waals surface area contributed by atoms with Crippen LogP contribution in [0.1, 0.15) is 31.7 Å². The largest absolute Gasteiger partial charge is 0.493 e. The molecule has 7 nitrogen and oxygen atoms in total. The number of esters is 1. The molecule has 0 unspecified atom stereocenters. The van der Waals surface area contributed by atoms with E-state index in [2.05, 4.69) is 27.3 Å². The number of hydrogen-bond donors (Lipinski definition) is 1. The molecular formula is C21H34IN3O4. The molecule has 1 aliphatic rings. The molecule has 0 spiro atoms. The number of halogens is 1. The molecule has 8 heteroatoms. The summed E-state index contributed by atoms with van der Waals surface area (Å²) >= 11 is 0. The Labute approximate surface area is 191 Å². The molecule has 1 saturated heterocycles. The number of carbonyl (C=O) groups excluding carboxylic acids is 1. The van der Waals surface area contributed by atoms with Crippen molar-refractivity contribution in [2.75, 3.05) is 47.5 Å². The van der Waals surface area contributed by atoms with Crippen molar-refractivity contribution in [3.8, 4) is 11.5 Å². The molecule has 29 heavy (non-hydrogen) atoms. The van der Waals surface area contributed by atoms with E-state index >= 15 is 0 Å². The highest BCUT2D eigenvalue weighted by atomic mass is 127. The third-order valence-electron chi connectivity index (χ3n) is 4.99. The molecule has 0 aliphatic carbocycles. The lowest BCUT2D eigenvalue weighted by molar-refractivity contribution is -0.146. The number of carbonyl (C=O) groups is 1. The van der Waals surface area contributed by atoms with E-state index in [1.54, 1.807) is 14.2 Å². The Balaban J connectivity index is 0.00000420. The SMILES string of the molecule is CCOc1cc(CCCNC(=NC)N2CCC(C(=O)OC)CC2)ccc1OC.I. The zero-order chi connectivity index (χ0) is 20.4. The van der Waals surface area contributed by atoms with Crippen molar-refractivity contribution in [3.05, 3.63) is 23.8 Å². The van der Waals surface area contributed by atoms with Gasteiger partial charge in [0.15, 0.2) is 17.5 Å². The molecule has 0 radical (unpaired) electrons. The van der Waals surface area contributed by atoms with Crippen LogP contribution in [0.25, 0.3) is 0 Å². The fraction of sp³-hybridized carbons (Fsp3) is 0.619. The monoisotopic (exact) mass is 519 g/mol. The number of ether oxygens (including phenoxy) is 3. The molecular weight excluding hydrogens is 485 g/mol. The third-order valence-corrected chi connectivity index (χ3v) is 4.99. The molecule has 164 valence electrons. The van der Waals surface area contributed by atoms with Crippen LogP contribution in [0, 0.1) is 5.92 Å². The summed E-state index contributed by atoms with van der Waals surface area (Å²) in [6.07, 6.45) is 3.53. The Morgan fingerprint density at radius 1 is 1.24 bits per heavy atom. The van der Waals surface area contributed by atoms with E-state index in [9.17, 15) is 4.79 Å². The molecule has 1 heterocycles. The number of benzene rings is 1. The van der Waals surface area contributed by atoms with Crippen LogP contribution >= 0.6 is 24.0 Å². The topological polar surface area (TPSA) is 72.4 Å². The number of aryl methyl sites for hydroxylation is 1. The predicted molar refractivity (Wildman–Crippen MR) is 126 cm³/mol. The van der Waals surface area contributed by atoms with Crippen molar-refractivity contribution in [3.63, 3.8) is 0 Å². The molecule has 1 aromatic carbocycles. The first-order chi connectivity index (χ1) is 13.6. The number of nitrogens with zero attached hydrogens (tertiary/aromatic N) is 2. The van der Waals surface area contributed by atoms with Crippen LogP contribution < -0.4 is 14.8 Å². The van der Waals surface area contributed by atoms with E-state index in [4.69, 9.17) is 14.2 Å². The maximum Gasteiger partial charge on any atom is 0.308 e.